The van der Waals surface area contributed by atoms with Crippen LogP contribution in [0.5, 0.6) is 0 Å². The van der Waals surface area contributed by atoms with Crippen LogP contribution in [-0.4, -0.2) is 18.5 Å². The zero-order chi connectivity index (χ0) is 15.2. The Bertz CT molecular complexity index is 447. The molecule has 1 rings (SSSR count). The summed E-state index contributed by atoms with van der Waals surface area (Å²) in [5, 5.41) is -0.250. The minimum absolute atomic E-state index is 0.202. The Kier molecular flexibility index (Phi) is 1.15. The second-order valence-corrected chi connectivity index (χ2v) is 4.55. The van der Waals surface area contributed by atoms with Crippen molar-refractivity contribution in [3.8, 4) is 0 Å². The minimum Gasteiger partial charge on any atom is -0.351 e. The molecule has 1 aromatic heterocycles. The van der Waals surface area contributed by atoms with Gasteiger partial charge in [0.2, 0.25) is 0 Å². The van der Waals surface area contributed by atoms with Gasteiger partial charge >= 0.3 is 0 Å². The molecular weight excluding hydrogens is 292 g/mol. The molecule has 2 nitrogen and oxygen atoms in total. The fourth-order valence-corrected chi connectivity index (χ4v) is 2.03. The topological polar surface area (TPSA) is 16.1 Å². The second-order valence-electron chi connectivity index (χ2n) is 1.51. The highest BCUT2D eigenvalue weighted by molar-refractivity contribution is 9.13. The summed E-state index contributed by atoms with van der Waals surface area (Å²) in [6.45, 7) is -9.18. The van der Waals surface area contributed by atoms with Gasteiger partial charge in [-0.3, -0.25) is 0 Å². The van der Waals surface area contributed by atoms with E-state index in [1.165, 1.54) is 0 Å². The maximum absolute atomic E-state index is 7.61. The van der Waals surface area contributed by atoms with Crippen LogP contribution in [-0.2, 0) is 0 Å². The van der Waals surface area contributed by atoms with Gasteiger partial charge in [0.1, 0.15) is 8.39 Å². The molecule has 5 heteroatoms. The molecule has 1 aromatic rings. The van der Waals surface area contributed by atoms with Gasteiger partial charge in [-0.05, 0) is 38.7 Å². The van der Waals surface area contributed by atoms with Crippen LogP contribution in [0.15, 0.2) is 8.39 Å². The molecule has 0 bridgehead atoms. The highest BCUT2D eigenvalue weighted by Gasteiger charge is 2.07. The van der Waals surface area contributed by atoms with Gasteiger partial charge in [0.15, 0.2) is 5.13 Å². The van der Waals surface area contributed by atoms with E-state index in [9.17, 15) is 0 Å². The largest absolute Gasteiger partial charge is 0.351 e. The highest BCUT2D eigenvalue weighted by atomic mass is 79.9. The Morgan fingerprint density at radius 3 is 3.09 bits per heavy atom. The molecule has 0 saturated heterocycles. The number of anilines is 1. The van der Waals surface area contributed by atoms with Crippen molar-refractivity contribution in [2.45, 2.75) is 6.85 Å². The van der Waals surface area contributed by atoms with Crippen molar-refractivity contribution in [1.29, 1.82) is 0 Å². The van der Waals surface area contributed by atoms with Crippen molar-refractivity contribution in [3.63, 3.8) is 0 Å². The summed E-state index contributed by atoms with van der Waals surface area (Å²) in [6.07, 6.45) is 0. The fourth-order valence-electron chi connectivity index (χ4n) is 0.416. The molecule has 0 N–H and O–H groups in total. The third kappa shape index (κ3) is 2.16. The quantitative estimate of drug-likeness (QED) is 0.834. The first-order chi connectivity index (χ1) is 8.28. The SMILES string of the molecule is [2H]C([2H])([2H])N(c1nc(Br)c(Br)s1)C([2H])([2H])C([2H])([2H])[2H]. The summed E-state index contributed by atoms with van der Waals surface area (Å²) in [5.74, 6) is 0. The van der Waals surface area contributed by atoms with Crippen molar-refractivity contribution in [3.05, 3.63) is 8.39 Å². The number of rotatable bonds is 2. The number of nitrogens with zero attached hydrogens (tertiary/aromatic N) is 2. The van der Waals surface area contributed by atoms with Crippen LogP contribution in [0.4, 0.5) is 5.13 Å². The van der Waals surface area contributed by atoms with Crippen LogP contribution in [0.2, 0.25) is 0 Å². The Labute approximate surface area is 98.1 Å². The molecule has 0 aromatic carbocycles. The highest BCUT2D eigenvalue weighted by Crippen LogP contribution is 2.33. The summed E-state index contributed by atoms with van der Waals surface area (Å²) < 4.78 is 59.5. The number of hydrogen-bond acceptors (Lipinski definition) is 3. The summed E-state index contributed by atoms with van der Waals surface area (Å²) in [7, 11) is 0. The minimum atomic E-state index is -3.13. The molecular formula is C6H8Br2N2S. The van der Waals surface area contributed by atoms with Crippen molar-refractivity contribution in [2.75, 3.05) is 18.4 Å². The van der Waals surface area contributed by atoms with E-state index < -0.39 is 20.3 Å². The lowest BCUT2D eigenvalue weighted by atomic mass is 10.7. The maximum Gasteiger partial charge on any atom is 0.187 e. The molecule has 0 atom stereocenters. The van der Waals surface area contributed by atoms with Gasteiger partial charge in [-0.2, -0.15) is 0 Å². The molecule has 0 aliphatic carbocycles. The van der Waals surface area contributed by atoms with Gasteiger partial charge in [0.25, 0.3) is 0 Å². The van der Waals surface area contributed by atoms with E-state index in [4.69, 9.17) is 11.0 Å². The van der Waals surface area contributed by atoms with Crippen molar-refractivity contribution >= 4 is 48.3 Å². The predicted octanol–water partition coefficient (Wildman–Crippen LogP) is 3.12. The molecule has 0 radical (unpaired) electrons. The van der Waals surface area contributed by atoms with Crippen LogP contribution in [0.3, 0.4) is 0 Å². The summed E-state index contributed by atoms with van der Waals surface area (Å²) in [5.41, 5.74) is 0. The van der Waals surface area contributed by atoms with Crippen LogP contribution in [0, 0.1) is 0 Å². The Balaban J connectivity index is 3.40. The van der Waals surface area contributed by atoms with E-state index in [-0.39, 0.29) is 14.6 Å². The number of hydrogen-bond donors (Lipinski definition) is 0. The summed E-state index contributed by atoms with van der Waals surface area (Å²) >= 11 is 6.98. The van der Waals surface area contributed by atoms with Crippen LogP contribution >= 0.6 is 43.2 Å². The number of aromatic nitrogens is 1. The molecule has 1 heterocycles. The maximum atomic E-state index is 7.61. The summed E-state index contributed by atoms with van der Waals surface area (Å²) in [6, 6.07) is 0. The van der Waals surface area contributed by atoms with Crippen LogP contribution in [0.25, 0.3) is 0 Å². The molecule has 0 fully saturated rings. The van der Waals surface area contributed by atoms with Gasteiger partial charge < -0.3 is 4.90 Å². The fraction of sp³-hybridized carbons (Fsp3) is 0.500. The lowest BCUT2D eigenvalue weighted by molar-refractivity contribution is 0.955. The summed E-state index contributed by atoms with van der Waals surface area (Å²) in [4.78, 5) is 4.02. The predicted molar refractivity (Wildman–Crippen MR) is 56.5 cm³/mol. The van der Waals surface area contributed by atoms with E-state index in [0.29, 0.717) is 3.79 Å². The van der Waals surface area contributed by atoms with Gasteiger partial charge in [-0.1, -0.05) is 11.3 Å². The van der Waals surface area contributed by atoms with Crippen LogP contribution in [0.1, 0.15) is 17.8 Å². The molecule has 11 heavy (non-hydrogen) atoms. The Morgan fingerprint density at radius 2 is 2.64 bits per heavy atom. The smallest absolute Gasteiger partial charge is 0.187 e. The molecule has 0 amide bonds. The molecule has 0 spiro atoms. The third-order valence-electron chi connectivity index (χ3n) is 0.840. The van der Waals surface area contributed by atoms with E-state index >= 15 is 0 Å². The number of thiazole rings is 1. The Morgan fingerprint density at radius 1 is 1.82 bits per heavy atom. The van der Waals surface area contributed by atoms with Crippen molar-refractivity contribution in [1.82, 2.24) is 4.98 Å². The van der Waals surface area contributed by atoms with Gasteiger partial charge in [0, 0.05) is 24.4 Å². The zero-order valence-electron chi connectivity index (χ0n) is 13.1. The second kappa shape index (κ2) is 3.87. The first kappa shape index (κ1) is 3.27. The average Bonchev–Trinajstić information content (AvgIpc) is 2.40. The van der Waals surface area contributed by atoms with Crippen molar-refractivity contribution in [2.24, 2.45) is 0 Å². The molecule has 0 aliphatic heterocycles. The van der Waals surface area contributed by atoms with E-state index in [2.05, 4.69) is 36.8 Å². The first-order valence-electron chi connectivity index (χ1n) is 6.40. The molecule has 62 valence electrons. The monoisotopic (exact) mass is 306 g/mol. The van der Waals surface area contributed by atoms with Crippen molar-refractivity contribution < 1.29 is 11.0 Å². The molecule has 0 aliphatic rings. The van der Waals surface area contributed by atoms with Gasteiger partial charge in [-0.25, -0.2) is 4.98 Å². The van der Waals surface area contributed by atoms with E-state index in [1.807, 2.05) is 0 Å². The van der Waals surface area contributed by atoms with Gasteiger partial charge in [-0.15, -0.1) is 0 Å². The number of halogens is 2. The van der Waals surface area contributed by atoms with E-state index in [0.717, 1.165) is 11.3 Å². The molecule has 0 saturated carbocycles. The van der Waals surface area contributed by atoms with E-state index in [1.54, 1.807) is 0 Å². The zero-order valence-corrected chi connectivity index (χ0v) is 9.05. The molecule has 0 unspecified atom stereocenters. The standard InChI is InChI=1S/C6H8Br2N2S/c1-3-10(2)6-9-4(7)5(8)11-6/h3H2,1-2H3/i1D3,2D3,3D2. The van der Waals surface area contributed by atoms with Crippen LogP contribution < -0.4 is 4.90 Å². The lowest BCUT2D eigenvalue weighted by Gasteiger charge is -2.10. The average molecular weight is 308 g/mol. The first-order valence-corrected chi connectivity index (χ1v) is 4.81. The Hall–Kier alpha value is 0.390. The lowest BCUT2D eigenvalue weighted by Crippen LogP contribution is -2.15. The van der Waals surface area contributed by atoms with Gasteiger partial charge in [0.05, 0.1) is 0 Å². The third-order valence-corrected chi connectivity index (χ3v) is 3.90. The normalized spacial score (nSPS) is 24.5.